The topological polar surface area (TPSA) is 50.4 Å². The number of para-hydroxylation sites is 1. The predicted octanol–water partition coefficient (Wildman–Crippen LogP) is 4.11. The molecule has 2 N–H and O–H groups in total. The number of carbonyl (C=O) groups excluding carboxylic acids is 1. The fourth-order valence-corrected chi connectivity index (χ4v) is 2.67. The Bertz CT molecular complexity index is 667. The molecule has 0 fully saturated rings. The zero-order chi connectivity index (χ0) is 16.1. The van der Waals surface area contributed by atoms with Crippen LogP contribution >= 0.6 is 0 Å². The summed E-state index contributed by atoms with van der Waals surface area (Å²) in [6.07, 6.45) is 3.24. The molecule has 2 aromatic rings. The highest BCUT2D eigenvalue weighted by Gasteiger charge is 2.23. The van der Waals surface area contributed by atoms with Gasteiger partial charge in [0, 0.05) is 5.69 Å². The summed E-state index contributed by atoms with van der Waals surface area (Å²) in [5.41, 5.74) is 2.55. The Hall–Kier alpha value is -2.49. The molecule has 3 rings (SSSR count). The van der Waals surface area contributed by atoms with Gasteiger partial charge in [0.05, 0.1) is 12.2 Å². The lowest BCUT2D eigenvalue weighted by molar-refractivity contribution is 0.0935. The van der Waals surface area contributed by atoms with Gasteiger partial charge in [-0.1, -0.05) is 44.0 Å². The Kier molecular flexibility index (Phi) is 4.81. The van der Waals surface area contributed by atoms with E-state index in [2.05, 4.69) is 17.6 Å². The van der Waals surface area contributed by atoms with Crippen LogP contribution in [0.25, 0.3) is 0 Å². The van der Waals surface area contributed by atoms with Crippen molar-refractivity contribution in [3.63, 3.8) is 0 Å². The van der Waals surface area contributed by atoms with Crippen molar-refractivity contribution in [2.45, 2.75) is 32.4 Å². The van der Waals surface area contributed by atoms with Crippen LogP contribution in [0.4, 0.5) is 5.69 Å². The summed E-state index contributed by atoms with van der Waals surface area (Å²) >= 11 is 0. The minimum absolute atomic E-state index is 0.0516. The van der Waals surface area contributed by atoms with Gasteiger partial charge in [-0.15, -0.1) is 0 Å². The molecule has 1 atom stereocenters. The van der Waals surface area contributed by atoms with Crippen molar-refractivity contribution in [1.29, 1.82) is 0 Å². The summed E-state index contributed by atoms with van der Waals surface area (Å²) in [7, 11) is 0. The SMILES string of the molecule is CCCCCOc1ccc(C2NC(=O)c3ccccc3N2)cc1. The first-order valence-corrected chi connectivity index (χ1v) is 8.17. The molecule has 0 aliphatic carbocycles. The molecule has 2 aromatic carbocycles. The number of unbranched alkanes of at least 4 members (excludes halogenated alkanes) is 2. The maximum Gasteiger partial charge on any atom is 0.255 e. The summed E-state index contributed by atoms with van der Waals surface area (Å²) in [6, 6.07) is 15.4. The van der Waals surface area contributed by atoms with Gasteiger partial charge < -0.3 is 15.4 Å². The molecule has 0 aromatic heterocycles. The van der Waals surface area contributed by atoms with Gasteiger partial charge in [-0.3, -0.25) is 4.79 Å². The van der Waals surface area contributed by atoms with Crippen LogP contribution in [0.5, 0.6) is 5.75 Å². The zero-order valence-corrected chi connectivity index (χ0v) is 13.3. The lowest BCUT2D eigenvalue weighted by Gasteiger charge is -2.28. The van der Waals surface area contributed by atoms with Gasteiger partial charge in [0.25, 0.3) is 5.91 Å². The van der Waals surface area contributed by atoms with E-state index in [0.717, 1.165) is 30.0 Å². The van der Waals surface area contributed by atoms with Crippen LogP contribution in [0.3, 0.4) is 0 Å². The number of nitrogens with one attached hydrogen (secondary N) is 2. The van der Waals surface area contributed by atoms with Crippen LogP contribution in [0.15, 0.2) is 48.5 Å². The first-order chi connectivity index (χ1) is 11.3. The molecular weight excluding hydrogens is 288 g/mol. The number of hydrogen-bond donors (Lipinski definition) is 2. The molecule has 23 heavy (non-hydrogen) atoms. The predicted molar refractivity (Wildman–Crippen MR) is 91.7 cm³/mol. The van der Waals surface area contributed by atoms with Crippen LogP contribution in [0, 0.1) is 0 Å². The van der Waals surface area contributed by atoms with Crippen LogP contribution in [0.1, 0.15) is 48.3 Å². The Morgan fingerprint density at radius 2 is 1.78 bits per heavy atom. The zero-order valence-electron chi connectivity index (χ0n) is 13.3. The normalized spacial score (nSPS) is 16.2. The molecule has 120 valence electrons. The van der Waals surface area contributed by atoms with Crippen molar-refractivity contribution in [1.82, 2.24) is 5.32 Å². The molecule has 1 amide bonds. The third-order valence-electron chi connectivity index (χ3n) is 3.98. The Balaban J connectivity index is 1.65. The Morgan fingerprint density at radius 1 is 1.00 bits per heavy atom. The minimum Gasteiger partial charge on any atom is -0.494 e. The highest BCUT2D eigenvalue weighted by atomic mass is 16.5. The Labute approximate surface area is 136 Å². The second-order valence-corrected chi connectivity index (χ2v) is 5.72. The second-order valence-electron chi connectivity index (χ2n) is 5.72. The summed E-state index contributed by atoms with van der Waals surface area (Å²) in [5.74, 6) is 0.816. The molecule has 4 heteroatoms. The number of amides is 1. The van der Waals surface area contributed by atoms with Gasteiger partial charge in [0.15, 0.2) is 0 Å². The molecule has 0 saturated carbocycles. The average Bonchev–Trinajstić information content (AvgIpc) is 2.59. The van der Waals surface area contributed by atoms with Crippen LogP contribution < -0.4 is 15.4 Å². The van der Waals surface area contributed by atoms with E-state index in [9.17, 15) is 4.79 Å². The van der Waals surface area contributed by atoms with Gasteiger partial charge in [0.1, 0.15) is 11.9 Å². The molecule has 0 spiro atoms. The fraction of sp³-hybridized carbons (Fsp3) is 0.316. The molecule has 4 nitrogen and oxygen atoms in total. The summed E-state index contributed by atoms with van der Waals surface area (Å²) in [6.45, 7) is 2.93. The number of hydrogen-bond acceptors (Lipinski definition) is 3. The van der Waals surface area contributed by atoms with Crippen molar-refractivity contribution >= 4 is 11.6 Å². The molecule has 0 radical (unpaired) electrons. The smallest absolute Gasteiger partial charge is 0.255 e. The van der Waals surface area contributed by atoms with E-state index in [-0.39, 0.29) is 12.1 Å². The maximum absolute atomic E-state index is 12.2. The van der Waals surface area contributed by atoms with Crippen molar-refractivity contribution in [2.75, 3.05) is 11.9 Å². The lowest BCUT2D eigenvalue weighted by Crippen LogP contribution is -2.38. The molecule has 1 aliphatic rings. The summed E-state index contributed by atoms with van der Waals surface area (Å²) < 4.78 is 5.72. The Morgan fingerprint density at radius 3 is 2.57 bits per heavy atom. The molecule has 1 aliphatic heterocycles. The first kappa shape index (κ1) is 15.4. The summed E-state index contributed by atoms with van der Waals surface area (Å²) in [5, 5.41) is 6.33. The minimum atomic E-state index is -0.216. The van der Waals surface area contributed by atoms with Gasteiger partial charge >= 0.3 is 0 Å². The molecule has 1 unspecified atom stereocenters. The first-order valence-electron chi connectivity index (χ1n) is 8.17. The van der Waals surface area contributed by atoms with Crippen LogP contribution in [0.2, 0.25) is 0 Å². The van der Waals surface area contributed by atoms with Gasteiger partial charge in [-0.2, -0.15) is 0 Å². The van der Waals surface area contributed by atoms with E-state index in [1.807, 2.05) is 48.5 Å². The van der Waals surface area contributed by atoms with Crippen molar-refractivity contribution in [2.24, 2.45) is 0 Å². The number of carbonyl (C=O) groups is 1. The molecule has 0 saturated heterocycles. The number of fused-ring (bicyclic) bond motifs is 1. The molecule has 1 heterocycles. The third kappa shape index (κ3) is 3.65. The number of rotatable bonds is 6. The van der Waals surface area contributed by atoms with E-state index < -0.39 is 0 Å². The highest BCUT2D eigenvalue weighted by Crippen LogP contribution is 2.27. The highest BCUT2D eigenvalue weighted by molar-refractivity contribution is 6.01. The molecule has 0 bridgehead atoms. The van der Waals surface area contributed by atoms with E-state index in [1.54, 1.807) is 0 Å². The van der Waals surface area contributed by atoms with Crippen LogP contribution in [-0.2, 0) is 0 Å². The van der Waals surface area contributed by atoms with Gasteiger partial charge in [0.2, 0.25) is 0 Å². The van der Waals surface area contributed by atoms with Crippen LogP contribution in [-0.4, -0.2) is 12.5 Å². The molecular formula is C19H22N2O2. The number of ether oxygens (including phenoxy) is 1. The van der Waals surface area contributed by atoms with Gasteiger partial charge in [-0.25, -0.2) is 0 Å². The third-order valence-corrected chi connectivity index (χ3v) is 3.98. The van der Waals surface area contributed by atoms with E-state index in [0.29, 0.717) is 5.56 Å². The van der Waals surface area contributed by atoms with Crippen molar-refractivity contribution in [3.8, 4) is 5.75 Å². The van der Waals surface area contributed by atoms with E-state index in [1.165, 1.54) is 12.8 Å². The maximum atomic E-state index is 12.2. The lowest BCUT2D eigenvalue weighted by atomic mass is 10.1. The second kappa shape index (κ2) is 7.18. The van der Waals surface area contributed by atoms with E-state index >= 15 is 0 Å². The van der Waals surface area contributed by atoms with E-state index in [4.69, 9.17) is 4.74 Å². The fourth-order valence-electron chi connectivity index (χ4n) is 2.67. The number of anilines is 1. The number of benzene rings is 2. The van der Waals surface area contributed by atoms with Gasteiger partial charge in [-0.05, 0) is 36.2 Å². The standard InChI is InChI=1S/C19H22N2O2/c1-2-3-6-13-23-15-11-9-14(10-12-15)18-20-17-8-5-4-7-16(17)19(22)21-18/h4-5,7-12,18,20H,2-3,6,13H2,1H3,(H,21,22). The van der Waals surface area contributed by atoms with Crippen molar-refractivity contribution < 1.29 is 9.53 Å². The average molecular weight is 310 g/mol. The van der Waals surface area contributed by atoms with Crippen molar-refractivity contribution in [3.05, 3.63) is 59.7 Å². The largest absolute Gasteiger partial charge is 0.494 e. The monoisotopic (exact) mass is 310 g/mol. The summed E-state index contributed by atoms with van der Waals surface area (Å²) in [4.78, 5) is 12.2. The quantitative estimate of drug-likeness (QED) is 0.789.